The molecular formula is C18H31NO2. The van der Waals surface area contributed by atoms with Gasteiger partial charge in [-0.3, -0.25) is 0 Å². The second-order valence-electron chi connectivity index (χ2n) is 5.86. The molecule has 0 amide bonds. The van der Waals surface area contributed by atoms with Crippen molar-refractivity contribution in [3.8, 4) is 5.75 Å². The first-order valence-electron chi connectivity index (χ1n) is 8.18. The molecule has 3 heteroatoms. The first-order valence-corrected chi connectivity index (χ1v) is 8.18. The highest BCUT2D eigenvalue weighted by molar-refractivity contribution is 5.35. The smallest absolute Gasteiger partial charge is 0.124 e. The molecule has 0 heterocycles. The van der Waals surface area contributed by atoms with Crippen molar-refractivity contribution in [1.29, 1.82) is 0 Å². The summed E-state index contributed by atoms with van der Waals surface area (Å²) >= 11 is 0. The molecule has 0 saturated carbocycles. The van der Waals surface area contributed by atoms with Gasteiger partial charge in [0.05, 0.1) is 6.61 Å². The zero-order valence-electron chi connectivity index (χ0n) is 14.0. The number of benzene rings is 1. The van der Waals surface area contributed by atoms with Crippen molar-refractivity contribution in [1.82, 2.24) is 5.32 Å². The molecule has 0 fully saturated rings. The van der Waals surface area contributed by atoms with Crippen molar-refractivity contribution in [2.24, 2.45) is 5.92 Å². The van der Waals surface area contributed by atoms with E-state index in [-0.39, 0.29) is 0 Å². The van der Waals surface area contributed by atoms with Gasteiger partial charge in [-0.25, -0.2) is 0 Å². The topological polar surface area (TPSA) is 30.5 Å². The molecule has 1 atom stereocenters. The predicted octanol–water partition coefficient (Wildman–Crippen LogP) is 4.19. The summed E-state index contributed by atoms with van der Waals surface area (Å²) in [7, 11) is 0. The van der Waals surface area contributed by atoms with E-state index in [9.17, 15) is 0 Å². The first kappa shape index (κ1) is 18.0. The molecule has 0 aliphatic carbocycles. The van der Waals surface area contributed by atoms with Crippen LogP contribution in [0.2, 0.25) is 0 Å². The summed E-state index contributed by atoms with van der Waals surface area (Å²) in [6, 6.07) is 8.55. The Bertz CT molecular complexity index is 379. The lowest BCUT2D eigenvalue weighted by molar-refractivity contribution is 0.0921. The lowest BCUT2D eigenvalue weighted by Crippen LogP contribution is -2.20. The second-order valence-corrected chi connectivity index (χ2v) is 5.86. The number of para-hydroxylation sites is 1. The van der Waals surface area contributed by atoms with E-state index in [2.05, 4.69) is 45.1 Å². The van der Waals surface area contributed by atoms with Crippen molar-refractivity contribution in [2.45, 2.75) is 46.6 Å². The van der Waals surface area contributed by atoms with Gasteiger partial charge in [-0.05, 0) is 38.3 Å². The monoisotopic (exact) mass is 293 g/mol. The molecule has 0 aliphatic rings. The summed E-state index contributed by atoms with van der Waals surface area (Å²) in [6.45, 7) is 11.9. The van der Waals surface area contributed by atoms with Crippen LogP contribution in [0.5, 0.6) is 5.75 Å². The van der Waals surface area contributed by atoms with Crippen LogP contribution in [0.25, 0.3) is 0 Å². The van der Waals surface area contributed by atoms with E-state index < -0.39 is 0 Å². The molecule has 120 valence electrons. The Balaban J connectivity index is 2.37. The fraction of sp³-hybridized carbons (Fsp3) is 0.667. The number of ether oxygens (including phenoxy) is 2. The van der Waals surface area contributed by atoms with Crippen LogP contribution in [-0.4, -0.2) is 26.4 Å². The first-order chi connectivity index (χ1) is 10.1. The molecule has 0 radical (unpaired) electrons. The van der Waals surface area contributed by atoms with E-state index in [1.807, 2.05) is 12.1 Å². The highest BCUT2D eigenvalue weighted by Gasteiger charge is 2.10. The molecule has 1 aromatic rings. The van der Waals surface area contributed by atoms with Gasteiger partial charge in [0.2, 0.25) is 0 Å². The Kier molecular flexibility index (Phi) is 9.11. The molecule has 0 spiro atoms. The van der Waals surface area contributed by atoms with E-state index in [1.54, 1.807) is 0 Å². The highest BCUT2D eigenvalue weighted by atomic mass is 16.5. The van der Waals surface area contributed by atoms with Crippen molar-refractivity contribution in [3.63, 3.8) is 0 Å². The number of rotatable bonds is 11. The molecule has 3 nitrogen and oxygen atoms in total. The van der Waals surface area contributed by atoms with Crippen LogP contribution in [0, 0.1) is 5.92 Å². The van der Waals surface area contributed by atoms with Crippen molar-refractivity contribution in [3.05, 3.63) is 29.8 Å². The van der Waals surface area contributed by atoms with Gasteiger partial charge in [0.25, 0.3) is 0 Å². The minimum Gasteiger partial charge on any atom is -0.491 e. The van der Waals surface area contributed by atoms with E-state index >= 15 is 0 Å². The van der Waals surface area contributed by atoms with Crippen molar-refractivity contribution in [2.75, 3.05) is 26.4 Å². The average molecular weight is 293 g/mol. The summed E-state index contributed by atoms with van der Waals surface area (Å²) in [6.07, 6.45) is 2.24. The molecular weight excluding hydrogens is 262 g/mol. The normalized spacial score (nSPS) is 12.6. The van der Waals surface area contributed by atoms with Crippen LogP contribution in [0.1, 0.15) is 52.1 Å². The predicted molar refractivity (Wildman–Crippen MR) is 88.9 cm³/mol. The highest BCUT2D eigenvalue weighted by Crippen LogP contribution is 2.24. The van der Waals surface area contributed by atoms with Crippen molar-refractivity contribution >= 4 is 0 Å². The van der Waals surface area contributed by atoms with Gasteiger partial charge in [-0.2, -0.15) is 0 Å². The summed E-state index contributed by atoms with van der Waals surface area (Å²) in [5.74, 6) is 1.65. The van der Waals surface area contributed by atoms with Crippen LogP contribution < -0.4 is 10.1 Å². The third-order valence-electron chi connectivity index (χ3n) is 3.41. The number of hydrogen-bond donors (Lipinski definition) is 1. The minimum atomic E-state index is 0.308. The Morgan fingerprint density at radius 3 is 2.52 bits per heavy atom. The molecule has 0 bridgehead atoms. The molecule has 1 unspecified atom stereocenters. The Labute approximate surface area is 130 Å². The van der Waals surface area contributed by atoms with Gasteiger partial charge < -0.3 is 14.8 Å². The summed E-state index contributed by atoms with van der Waals surface area (Å²) in [5, 5.41) is 3.50. The maximum absolute atomic E-state index is 5.88. The molecule has 0 saturated heterocycles. The van der Waals surface area contributed by atoms with Crippen LogP contribution >= 0.6 is 0 Å². The van der Waals surface area contributed by atoms with E-state index in [1.165, 1.54) is 5.56 Å². The summed E-state index contributed by atoms with van der Waals surface area (Å²) < 4.78 is 11.5. The van der Waals surface area contributed by atoms with Crippen LogP contribution in [0.15, 0.2) is 24.3 Å². The fourth-order valence-electron chi connectivity index (χ4n) is 2.07. The SMILES string of the molecule is CCCNC(C)c1ccccc1OCCOCCC(C)C. The van der Waals surface area contributed by atoms with Gasteiger partial charge in [0.1, 0.15) is 12.4 Å². The molecule has 0 aromatic heterocycles. The van der Waals surface area contributed by atoms with Gasteiger partial charge in [0, 0.05) is 18.2 Å². The standard InChI is InChI=1S/C18H31NO2/c1-5-11-19-16(4)17-8-6-7-9-18(17)21-14-13-20-12-10-15(2)3/h6-9,15-16,19H,5,10-14H2,1-4H3. The zero-order chi connectivity index (χ0) is 15.5. The lowest BCUT2D eigenvalue weighted by atomic mass is 10.1. The lowest BCUT2D eigenvalue weighted by Gasteiger charge is -2.18. The average Bonchev–Trinajstić information content (AvgIpc) is 2.48. The zero-order valence-corrected chi connectivity index (χ0v) is 14.0. The number of hydrogen-bond acceptors (Lipinski definition) is 3. The van der Waals surface area contributed by atoms with Crippen LogP contribution in [-0.2, 0) is 4.74 Å². The molecule has 1 N–H and O–H groups in total. The number of nitrogens with one attached hydrogen (secondary N) is 1. The summed E-state index contributed by atoms with van der Waals surface area (Å²) in [5.41, 5.74) is 1.22. The van der Waals surface area contributed by atoms with E-state index in [0.29, 0.717) is 25.2 Å². The van der Waals surface area contributed by atoms with Crippen LogP contribution in [0.4, 0.5) is 0 Å². The Morgan fingerprint density at radius 1 is 1.05 bits per heavy atom. The molecule has 21 heavy (non-hydrogen) atoms. The summed E-state index contributed by atoms with van der Waals surface area (Å²) in [4.78, 5) is 0. The second kappa shape index (κ2) is 10.6. The van der Waals surface area contributed by atoms with Crippen molar-refractivity contribution < 1.29 is 9.47 Å². The minimum absolute atomic E-state index is 0.308. The largest absolute Gasteiger partial charge is 0.491 e. The third-order valence-corrected chi connectivity index (χ3v) is 3.41. The van der Waals surface area contributed by atoms with Gasteiger partial charge in [-0.1, -0.05) is 39.0 Å². The maximum atomic E-state index is 5.88. The van der Waals surface area contributed by atoms with E-state index in [4.69, 9.17) is 9.47 Å². The fourth-order valence-corrected chi connectivity index (χ4v) is 2.07. The molecule has 1 rings (SSSR count). The Hall–Kier alpha value is -1.06. The molecule has 0 aliphatic heterocycles. The maximum Gasteiger partial charge on any atom is 0.124 e. The molecule has 1 aromatic carbocycles. The van der Waals surface area contributed by atoms with Gasteiger partial charge in [-0.15, -0.1) is 0 Å². The quantitative estimate of drug-likeness (QED) is 0.621. The van der Waals surface area contributed by atoms with Gasteiger partial charge >= 0.3 is 0 Å². The van der Waals surface area contributed by atoms with Gasteiger partial charge in [0.15, 0.2) is 0 Å². The third kappa shape index (κ3) is 7.49. The van der Waals surface area contributed by atoms with E-state index in [0.717, 1.165) is 31.7 Å². The Morgan fingerprint density at radius 2 is 1.81 bits per heavy atom. The van der Waals surface area contributed by atoms with Crippen LogP contribution in [0.3, 0.4) is 0 Å².